The average molecular weight is 414 g/mol. The van der Waals surface area contributed by atoms with Crippen LogP contribution in [0.25, 0.3) is 10.8 Å². The number of amides is 2. The van der Waals surface area contributed by atoms with Gasteiger partial charge in [-0.15, -0.1) is 0 Å². The molecule has 30 heavy (non-hydrogen) atoms. The molecular weight excluding hydrogens is 390 g/mol. The molecule has 0 heterocycles. The second-order valence-corrected chi connectivity index (χ2v) is 7.24. The number of carbonyl (C=O) groups excluding carboxylic acids is 1. The summed E-state index contributed by atoms with van der Waals surface area (Å²) in [5.74, 6) is -0.958. The third-order valence-corrected chi connectivity index (χ3v) is 4.65. The highest BCUT2D eigenvalue weighted by Crippen LogP contribution is 2.25. The normalized spacial score (nSPS) is 12.1. The van der Waals surface area contributed by atoms with Crippen LogP contribution in [-0.4, -0.2) is 41.3 Å². The molecular formula is C23H24F2N2O3. The highest BCUT2D eigenvalue weighted by atomic mass is 19.1. The fraction of sp³-hybridized carbons (Fsp3) is 0.261. The lowest BCUT2D eigenvalue weighted by molar-refractivity contribution is 0.0722. The van der Waals surface area contributed by atoms with E-state index in [0.717, 1.165) is 22.9 Å². The van der Waals surface area contributed by atoms with Gasteiger partial charge in [-0.05, 0) is 37.4 Å². The summed E-state index contributed by atoms with van der Waals surface area (Å²) in [6.45, 7) is 3.52. The summed E-state index contributed by atoms with van der Waals surface area (Å²) in [4.78, 5) is 13.9. The van der Waals surface area contributed by atoms with Crippen LogP contribution in [0.3, 0.4) is 0 Å². The molecule has 0 unspecified atom stereocenters. The molecule has 2 N–H and O–H groups in total. The van der Waals surface area contributed by atoms with Crippen molar-refractivity contribution in [3.05, 3.63) is 72.3 Å². The summed E-state index contributed by atoms with van der Waals surface area (Å²) in [6, 6.07) is 15.5. The Morgan fingerprint density at radius 2 is 1.83 bits per heavy atom. The zero-order valence-electron chi connectivity index (χ0n) is 16.8. The standard InChI is InChI=1S/C23H24F2N2O3/c1-15(2)27(23(29)26-21-11-10-17(24)12-20(21)25)13-18(28)14-30-22-9-5-7-16-6-3-4-8-19(16)22/h3-12,15,18,28H,13-14H2,1-2H3,(H,26,29)/t18-/m0/s1. The first kappa shape index (κ1) is 21.5. The molecule has 0 bridgehead atoms. The quantitative estimate of drug-likeness (QED) is 0.584. The van der Waals surface area contributed by atoms with Crippen molar-refractivity contribution >= 4 is 22.5 Å². The van der Waals surface area contributed by atoms with Gasteiger partial charge in [-0.2, -0.15) is 0 Å². The second kappa shape index (κ2) is 9.54. The van der Waals surface area contributed by atoms with E-state index in [0.29, 0.717) is 11.8 Å². The number of hydrogen-bond donors (Lipinski definition) is 2. The Labute approximate surface area is 173 Å². The number of carbonyl (C=O) groups is 1. The molecule has 3 rings (SSSR count). The van der Waals surface area contributed by atoms with Crippen LogP contribution in [0.15, 0.2) is 60.7 Å². The number of nitrogens with zero attached hydrogens (tertiary/aromatic N) is 1. The van der Waals surface area contributed by atoms with Crippen LogP contribution < -0.4 is 10.1 Å². The fourth-order valence-electron chi connectivity index (χ4n) is 3.09. The Balaban J connectivity index is 1.63. The molecule has 0 radical (unpaired) electrons. The van der Waals surface area contributed by atoms with Crippen LogP contribution in [0, 0.1) is 11.6 Å². The average Bonchev–Trinajstić information content (AvgIpc) is 2.72. The number of aliphatic hydroxyl groups is 1. The van der Waals surface area contributed by atoms with E-state index in [-0.39, 0.29) is 24.9 Å². The van der Waals surface area contributed by atoms with Crippen molar-refractivity contribution in [1.82, 2.24) is 4.90 Å². The summed E-state index contributed by atoms with van der Waals surface area (Å²) in [7, 11) is 0. The van der Waals surface area contributed by atoms with Crippen molar-refractivity contribution in [1.29, 1.82) is 0 Å². The number of nitrogens with one attached hydrogen (secondary N) is 1. The lowest BCUT2D eigenvalue weighted by atomic mass is 10.1. The Morgan fingerprint density at radius 3 is 2.57 bits per heavy atom. The van der Waals surface area contributed by atoms with Gasteiger partial charge >= 0.3 is 6.03 Å². The van der Waals surface area contributed by atoms with Gasteiger partial charge < -0.3 is 20.1 Å². The molecule has 0 aromatic heterocycles. The minimum Gasteiger partial charge on any atom is -0.490 e. The Morgan fingerprint density at radius 1 is 1.10 bits per heavy atom. The molecule has 0 aliphatic rings. The fourth-order valence-corrected chi connectivity index (χ4v) is 3.09. The van der Waals surface area contributed by atoms with Crippen LogP contribution in [0.4, 0.5) is 19.3 Å². The highest BCUT2D eigenvalue weighted by Gasteiger charge is 2.22. The van der Waals surface area contributed by atoms with E-state index < -0.39 is 23.8 Å². The Hall–Kier alpha value is -3.19. The molecule has 0 fully saturated rings. The number of hydrogen-bond acceptors (Lipinski definition) is 3. The van der Waals surface area contributed by atoms with Gasteiger partial charge in [0.2, 0.25) is 0 Å². The predicted octanol–water partition coefficient (Wildman–Crippen LogP) is 4.80. The van der Waals surface area contributed by atoms with Crippen molar-refractivity contribution < 1.29 is 23.4 Å². The molecule has 0 saturated carbocycles. The number of rotatable bonds is 7. The molecule has 2 amide bonds. The third-order valence-electron chi connectivity index (χ3n) is 4.65. The van der Waals surface area contributed by atoms with Gasteiger partial charge in [-0.1, -0.05) is 36.4 Å². The topological polar surface area (TPSA) is 61.8 Å². The number of fused-ring (bicyclic) bond motifs is 1. The maximum Gasteiger partial charge on any atom is 0.322 e. The monoisotopic (exact) mass is 414 g/mol. The van der Waals surface area contributed by atoms with Crippen LogP contribution in [0.5, 0.6) is 5.75 Å². The third kappa shape index (κ3) is 5.24. The first-order valence-electron chi connectivity index (χ1n) is 9.66. The van der Waals surface area contributed by atoms with E-state index in [1.807, 2.05) is 42.5 Å². The molecule has 0 aliphatic carbocycles. The molecule has 5 nitrogen and oxygen atoms in total. The van der Waals surface area contributed by atoms with E-state index in [4.69, 9.17) is 4.74 Å². The number of ether oxygens (including phenoxy) is 1. The van der Waals surface area contributed by atoms with Crippen molar-refractivity contribution in [2.75, 3.05) is 18.5 Å². The van der Waals surface area contributed by atoms with E-state index in [1.165, 1.54) is 4.90 Å². The van der Waals surface area contributed by atoms with Gasteiger partial charge in [-0.25, -0.2) is 13.6 Å². The lowest BCUT2D eigenvalue weighted by Gasteiger charge is -2.29. The summed E-state index contributed by atoms with van der Waals surface area (Å²) >= 11 is 0. The minimum atomic E-state index is -0.963. The van der Waals surface area contributed by atoms with E-state index in [2.05, 4.69) is 5.32 Å². The SMILES string of the molecule is CC(C)N(C[C@H](O)COc1cccc2ccccc12)C(=O)Nc1ccc(F)cc1F. The summed E-state index contributed by atoms with van der Waals surface area (Å²) in [6.07, 6.45) is -0.963. The van der Waals surface area contributed by atoms with E-state index >= 15 is 0 Å². The van der Waals surface area contributed by atoms with Gasteiger partial charge in [-0.3, -0.25) is 0 Å². The maximum atomic E-state index is 13.8. The molecule has 3 aromatic rings. The number of aliphatic hydroxyl groups excluding tert-OH is 1. The van der Waals surface area contributed by atoms with Crippen LogP contribution >= 0.6 is 0 Å². The van der Waals surface area contributed by atoms with Crippen LogP contribution in [0.2, 0.25) is 0 Å². The second-order valence-electron chi connectivity index (χ2n) is 7.24. The van der Waals surface area contributed by atoms with Gasteiger partial charge in [0.25, 0.3) is 0 Å². The summed E-state index contributed by atoms with van der Waals surface area (Å²) in [5.41, 5.74) is -0.131. The molecule has 1 atom stereocenters. The van der Waals surface area contributed by atoms with Crippen molar-refractivity contribution in [3.8, 4) is 5.75 Å². The summed E-state index contributed by atoms with van der Waals surface area (Å²) < 4.78 is 32.7. The molecule has 0 aliphatic heterocycles. The number of halogens is 2. The molecule has 3 aromatic carbocycles. The largest absolute Gasteiger partial charge is 0.490 e. The van der Waals surface area contributed by atoms with Gasteiger partial charge in [0.05, 0.1) is 12.2 Å². The van der Waals surface area contributed by atoms with Gasteiger partial charge in [0.15, 0.2) is 0 Å². The van der Waals surface area contributed by atoms with Gasteiger partial charge in [0, 0.05) is 17.5 Å². The molecule has 158 valence electrons. The van der Waals surface area contributed by atoms with Crippen LogP contribution in [-0.2, 0) is 0 Å². The molecule has 0 spiro atoms. The van der Waals surface area contributed by atoms with Crippen LogP contribution in [0.1, 0.15) is 13.8 Å². The lowest BCUT2D eigenvalue weighted by Crippen LogP contribution is -2.45. The summed E-state index contributed by atoms with van der Waals surface area (Å²) in [5, 5.41) is 14.8. The first-order valence-corrected chi connectivity index (χ1v) is 9.66. The zero-order chi connectivity index (χ0) is 21.7. The van der Waals surface area contributed by atoms with Gasteiger partial charge in [0.1, 0.15) is 30.1 Å². The predicted molar refractivity (Wildman–Crippen MR) is 113 cm³/mol. The van der Waals surface area contributed by atoms with Crippen molar-refractivity contribution in [2.24, 2.45) is 0 Å². The highest BCUT2D eigenvalue weighted by molar-refractivity contribution is 5.90. The number of urea groups is 1. The number of anilines is 1. The number of benzene rings is 3. The maximum absolute atomic E-state index is 13.8. The van der Waals surface area contributed by atoms with Crippen molar-refractivity contribution in [2.45, 2.75) is 26.0 Å². The smallest absolute Gasteiger partial charge is 0.322 e. The van der Waals surface area contributed by atoms with E-state index in [1.54, 1.807) is 13.8 Å². The molecule has 7 heteroatoms. The Kier molecular flexibility index (Phi) is 6.84. The molecule has 0 saturated heterocycles. The zero-order valence-corrected chi connectivity index (χ0v) is 16.8. The minimum absolute atomic E-state index is 0.0168. The van der Waals surface area contributed by atoms with Crippen molar-refractivity contribution in [3.63, 3.8) is 0 Å². The van der Waals surface area contributed by atoms with E-state index in [9.17, 15) is 18.7 Å². The first-order chi connectivity index (χ1) is 14.3. The Bertz CT molecular complexity index is 1020.